The summed E-state index contributed by atoms with van der Waals surface area (Å²) in [5.41, 5.74) is 3.50. The van der Waals surface area contributed by atoms with Gasteiger partial charge in [-0.2, -0.15) is 5.10 Å². The minimum Gasteiger partial charge on any atom is -0.455 e. The van der Waals surface area contributed by atoms with Crippen LogP contribution in [0.1, 0.15) is 50.1 Å². The van der Waals surface area contributed by atoms with Gasteiger partial charge in [0, 0.05) is 23.3 Å². The summed E-state index contributed by atoms with van der Waals surface area (Å²) in [6, 6.07) is 10.2. The van der Waals surface area contributed by atoms with Crippen LogP contribution in [0.3, 0.4) is 0 Å². The highest BCUT2D eigenvalue weighted by atomic mass is 16.5. The first-order valence-corrected chi connectivity index (χ1v) is 9.95. The van der Waals surface area contributed by atoms with Crippen molar-refractivity contribution in [1.82, 2.24) is 14.7 Å². The summed E-state index contributed by atoms with van der Waals surface area (Å²) in [5, 5.41) is 4.56. The van der Waals surface area contributed by atoms with Gasteiger partial charge in [-0.25, -0.2) is 4.68 Å². The molecule has 1 aliphatic rings. The summed E-state index contributed by atoms with van der Waals surface area (Å²) in [6.45, 7) is 7.74. The molecule has 0 spiro atoms. The zero-order valence-electron chi connectivity index (χ0n) is 17.1. The predicted molar refractivity (Wildman–Crippen MR) is 107 cm³/mol. The lowest BCUT2D eigenvalue weighted by Crippen LogP contribution is -2.49. The van der Waals surface area contributed by atoms with Crippen LogP contribution in [0, 0.1) is 13.8 Å². The van der Waals surface area contributed by atoms with Crippen molar-refractivity contribution in [3.05, 3.63) is 47.3 Å². The minimum atomic E-state index is -0.399. The van der Waals surface area contributed by atoms with Gasteiger partial charge in [0.25, 0.3) is 5.91 Å². The molecule has 0 N–H and O–H groups in total. The van der Waals surface area contributed by atoms with Crippen molar-refractivity contribution in [2.24, 2.45) is 0 Å². The van der Waals surface area contributed by atoms with Crippen LogP contribution in [0.5, 0.6) is 0 Å². The van der Waals surface area contributed by atoms with E-state index in [1.54, 1.807) is 0 Å². The third-order valence-corrected chi connectivity index (χ3v) is 5.60. The molecule has 0 bridgehead atoms. The van der Waals surface area contributed by atoms with E-state index in [-0.39, 0.29) is 31.0 Å². The number of hydrogen-bond donors (Lipinski definition) is 0. The van der Waals surface area contributed by atoms with E-state index in [9.17, 15) is 9.59 Å². The van der Waals surface area contributed by atoms with E-state index in [2.05, 4.69) is 18.9 Å². The van der Waals surface area contributed by atoms with Crippen LogP contribution in [0.15, 0.2) is 30.3 Å². The Balaban J connectivity index is 1.62. The second kappa shape index (κ2) is 8.59. The highest BCUT2D eigenvalue weighted by Crippen LogP contribution is 2.23. The van der Waals surface area contributed by atoms with E-state index >= 15 is 0 Å². The Bertz CT molecular complexity index is 834. The molecule has 1 aromatic carbocycles. The van der Waals surface area contributed by atoms with E-state index in [0.717, 1.165) is 41.9 Å². The van der Waals surface area contributed by atoms with Crippen molar-refractivity contribution in [1.29, 1.82) is 0 Å². The maximum absolute atomic E-state index is 12.5. The molecule has 0 saturated carbocycles. The molecule has 2 heterocycles. The van der Waals surface area contributed by atoms with Crippen molar-refractivity contribution in [3.8, 4) is 5.69 Å². The maximum Gasteiger partial charge on any atom is 0.310 e. The summed E-state index contributed by atoms with van der Waals surface area (Å²) in [4.78, 5) is 26.8. The first-order valence-electron chi connectivity index (χ1n) is 9.95. The van der Waals surface area contributed by atoms with Crippen LogP contribution in [0.4, 0.5) is 0 Å². The summed E-state index contributed by atoms with van der Waals surface area (Å²) < 4.78 is 7.15. The van der Waals surface area contributed by atoms with Crippen LogP contribution in [-0.4, -0.2) is 45.2 Å². The fourth-order valence-electron chi connectivity index (χ4n) is 4.08. The zero-order chi connectivity index (χ0) is 20.3. The molecule has 6 heteroatoms. The zero-order valence-corrected chi connectivity index (χ0v) is 17.1. The van der Waals surface area contributed by atoms with Gasteiger partial charge in [0.15, 0.2) is 6.61 Å². The van der Waals surface area contributed by atoms with Gasteiger partial charge in [0.2, 0.25) is 0 Å². The van der Waals surface area contributed by atoms with Gasteiger partial charge in [-0.1, -0.05) is 18.2 Å². The van der Waals surface area contributed by atoms with Gasteiger partial charge in [-0.3, -0.25) is 9.59 Å². The Morgan fingerprint density at radius 2 is 1.75 bits per heavy atom. The second-order valence-electron chi connectivity index (χ2n) is 7.66. The second-order valence-corrected chi connectivity index (χ2v) is 7.66. The van der Waals surface area contributed by atoms with Crippen LogP contribution < -0.4 is 0 Å². The average Bonchev–Trinajstić information content (AvgIpc) is 2.95. The van der Waals surface area contributed by atoms with Crippen molar-refractivity contribution in [3.63, 3.8) is 0 Å². The van der Waals surface area contributed by atoms with E-state index in [4.69, 9.17) is 4.74 Å². The molecule has 0 unspecified atom stereocenters. The molecule has 1 aromatic heterocycles. The number of para-hydroxylation sites is 1. The molecule has 1 aliphatic heterocycles. The van der Waals surface area contributed by atoms with Gasteiger partial charge in [0.05, 0.1) is 17.8 Å². The van der Waals surface area contributed by atoms with Crippen LogP contribution >= 0.6 is 0 Å². The Morgan fingerprint density at radius 3 is 2.39 bits per heavy atom. The monoisotopic (exact) mass is 383 g/mol. The Hall–Kier alpha value is -2.63. The van der Waals surface area contributed by atoms with E-state index in [0.29, 0.717) is 0 Å². The lowest BCUT2D eigenvalue weighted by atomic mass is 9.97. The van der Waals surface area contributed by atoms with E-state index in [1.807, 2.05) is 53.8 Å². The van der Waals surface area contributed by atoms with Crippen LogP contribution in [0.2, 0.25) is 0 Å². The number of hydrogen-bond acceptors (Lipinski definition) is 4. The Kier molecular flexibility index (Phi) is 6.17. The standard InChI is InChI=1S/C22H29N3O3/c1-15-9-8-10-16(2)24(15)21(26)14-28-22(27)13-20-17(3)23-25(18(20)4)19-11-6-5-7-12-19/h5-7,11-12,15-16H,8-10,13-14H2,1-4H3/t15-,16-/m0/s1. The molecule has 0 radical (unpaired) electrons. The largest absolute Gasteiger partial charge is 0.455 e. The summed E-state index contributed by atoms with van der Waals surface area (Å²) in [7, 11) is 0. The molecule has 6 nitrogen and oxygen atoms in total. The summed E-state index contributed by atoms with van der Waals surface area (Å²) in [6.07, 6.45) is 3.25. The summed E-state index contributed by atoms with van der Waals surface area (Å²) >= 11 is 0. The molecule has 2 atom stereocenters. The topological polar surface area (TPSA) is 64.4 Å². The Morgan fingerprint density at radius 1 is 1.11 bits per heavy atom. The number of nitrogens with zero attached hydrogens (tertiary/aromatic N) is 3. The molecule has 0 aliphatic carbocycles. The maximum atomic E-state index is 12.5. The van der Waals surface area contributed by atoms with Gasteiger partial charge < -0.3 is 9.64 Å². The average molecular weight is 383 g/mol. The molecule has 1 fully saturated rings. The molecule has 1 amide bonds. The SMILES string of the molecule is Cc1nn(-c2ccccc2)c(C)c1CC(=O)OCC(=O)N1[C@@H](C)CCC[C@@H]1C. The number of rotatable bonds is 5. The fraction of sp³-hybridized carbons (Fsp3) is 0.500. The van der Waals surface area contributed by atoms with Gasteiger partial charge >= 0.3 is 5.97 Å². The van der Waals surface area contributed by atoms with Crippen molar-refractivity contribution >= 4 is 11.9 Å². The molecule has 3 rings (SSSR count). The number of benzene rings is 1. The molecular formula is C22H29N3O3. The lowest BCUT2D eigenvalue weighted by Gasteiger charge is -2.38. The highest BCUT2D eigenvalue weighted by Gasteiger charge is 2.29. The number of piperidine rings is 1. The first-order chi connectivity index (χ1) is 13.4. The quantitative estimate of drug-likeness (QED) is 0.743. The normalized spacial score (nSPS) is 19.5. The van der Waals surface area contributed by atoms with Crippen LogP contribution in [0.25, 0.3) is 5.69 Å². The third kappa shape index (κ3) is 4.26. The Labute approximate surface area is 166 Å². The predicted octanol–water partition coefficient (Wildman–Crippen LogP) is 3.36. The van der Waals surface area contributed by atoms with Crippen molar-refractivity contribution < 1.29 is 14.3 Å². The van der Waals surface area contributed by atoms with Crippen molar-refractivity contribution in [2.75, 3.05) is 6.61 Å². The highest BCUT2D eigenvalue weighted by molar-refractivity contribution is 5.82. The van der Waals surface area contributed by atoms with Gasteiger partial charge in [0.1, 0.15) is 0 Å². The number of carbonyl (C=O) groups is 2. The number of ether oxygens (including phenoxy) is 1. The summed E-state index contributed by atoms with van der Waals surface area (Å²) in [5.74, 6) is -0.508. The van der Waals surface area contributed by atoms with Crippen molar-refractivity contribution in [2.45, 2.75) is 65.5 Å². The van der Waals surface area contributed by atoms with Crippen LogP contribution in [-0.2, 0) is 20.7 Å². The molecule has 1 saturated heterocycles. The number of carbonyl (C=O) groups excluding carboxylic acids is 2. The number of likely N-dealkylation sites (tertiary alicyclic amines) is 1. The number of aromatic nitrogens is 2. The van der Waals surface area contributed by atoms with Gasteiger partial charge in [-0.05, 0) is 59.1 Å². The lowest BCUT2D eigenvalue weighted by molar-refractivity contribution is -0.154. The fourth-order valence-corrected chi connectivity index (χ4v) is 4.08. The molecule has 28 heavy (non-hydrogen) atoms. The smallest absolute Gasteiger partial charge is 0.310 e. The van der Waals surface area contributed by atoms with E-state index < -0.39 is 5.97 Å². The third-order valence-electron chi connectivity index (χ3n) is 5.60. The molecule has 2 aromatic rings. The first kappa shape index (κ1) is 20.1. The van der Waals surface area contributed by atoms with Gasteiger partial charge in [-0.15, -0.1) is 0 Å². The van der Waals surface area contributed by atoms with E-state index in [1.165, 1.54) is 0 Å². The number of esters is 1. The number of aryl methyl sites for hydroxylation is 1. The molecular weight excluding hydrogens is 354 g/mol. The molecule has 150 valence electrons. The number of amides is 1. The minimum absolute atomic E-state index is 0.110.